The molecule has 0 aliphatic heterocycles. The van der Waals surface area contributed by atoms with Crippen LogP contribution < -0.4 is 0 Å². The minimum absolute atomic E-state index is 0.344. The molecule has 0 aromatic rings. The van der Waals surface area contributed by atoms with Crippen LogP contribution >= 0.6 is 11.9 Å². The van der Waals surface area contributed by atoms with Gasteiger partial charge < -0.3 is 5.11 Å². The first-order chi connectivity index (χ1) is 4.41. The van der Waals surface area contributed by atoms with Gasteiger partial charge in [0.2, 0.25) is 0 Å². The Kier molecular flexibility index (Phi) is 68.3. The van der Waals surface area contributed by atoms with Gasteiger partial charge in [0.25, 0.3) is 0 Å². The van der Waals surface area contributed by atoms with E-state index >= 15 is 0 Å². The Hall–Kier alpha value is 0.724. The number of unbranched alkanes of at least 4 members (excludes halogenated alkanes) is 1. The van der Waals surface area contributed by atoms with Crippen molar-refractivity contribution in [1.29, 1.82) is 0 Å². The molecule has 0 rings (SSSR count). The fourth-order valence-electron chi connectivity index (χ4n) is 0.158. The van der Waals surface area contributed by atoms with E-state index in [1.54, 1.807) is 0 Å². The van der Waals surface area contributed by atoms with Crippen molar-refractivity contribution in [2.45, 2.75) is 19.8 Å². The molecular formula is C4H11ClO3Ti. The fourth-order valence-corrected chi connectivity index (χ4v) is 0.158. The van der Waals surface area contributed by atoms with Gasteiger partial charge in [0, 0.05) is 6.61 Å². The summed E-state index contributed by atoms with van der Waals surface area (Å²) in [5, 5.41) is 8.07. The van der Waals surface area contributed by atoms with Crippen LogP contribution in [0.5, 0.6) is 0 Å². The molecule has 0 unspecified atom stereocenters. The van der Waals surface area contributed by atoms with E-state index in [-0.39, 0.29) is 0 Å². The van der Waals surface area contributed by atoms with Gasteiger partial charge >= 0.3 is 23.7 Å². The first-order valence-corrected chi connectivity index (χ1v) is 3.37. The molecule has 5 heteroatoms. The maximum absolute atomic E-state index is 8.25. The van der Waals surface area contributed by atoms with Crippen molar-refractivity contribution in [1.82, 2.24) is 0 Å². The Balaban J connectivity index is -0.0000000771. The van der Waals surface area contributed by atoms with Gasteiger partial charge in [-0.2, -0.15) is 0 Å². The molecule has 0 aliphatic rings. The summed E-state index contributed by atoms with van der Waals surface area (Å²) >= 11 is 4.39. The third kappa shape index (κ3) is 53.2. The average Bonchev–Trinajstić information content (AvgIpc) is 1.98. The molecule has 0 saturated carbocycles. The Morgan fingerprint density at radius 1 is 1.44 bits per heavy atom. The van der Waals surface area contributed by atoms with Gasteiger partial charge in [-0.25, -0.2) is 0 Å². The van der Waals surface area contributed by atoms with Crippen molar-refractivity contribution in [2.75, 3.05) is 6.61 Å². The summed E-state index contributed by atoms with van der Waals surface area (Å²) in [5.74, 6) is 0. The molecule has 0 fully saturated rings. The van der Waals surface area contributed by atoms with E-state index in [1.807, 2.05) is 0 Å². The molecule has 9 heavy (non-hydrogen) atoms. The van der Waals surface area contributed by atoms with Crippen LogP contribution in [-0.2, 0) is 23.7 Å². The quantitative estimate of drug-likeness (QED) is 0.633. The van der Waals surface area contributed by atoms with E-state index < -0.39 is 0 Å². The van der Waals surface area contributed by atoms with Crippen molar-refractivity contribution >= 4 is 11.9 Å². The normalized spacial score (nSPS) is 5.67. The van der Waals surface area contributed by atoms with Crippen molar-refractivity contribution in [3.8, 4) is 0 Å². The van der Waals surface area contributed by atoms with E-state index in [1.165, 1.54) is 0 Å². The third-order valence-corrected chi connectivity index (χ3v) is 0.512. The molecule has 0 heterocycles. The van der Waals surface area contributed by atoms with Crippen molar-refractivity contribution in [3.63, 3.8) is 0 Å². The molecule has 0 radical (unpaired) electrons. The molecule has 0 amide bonds. The van der Waals surface area contributed by atoms with Crippen molar-refractivity contribution in [2.24, 2.45) is 0 Å². The summed E-state index contributed by atoms with van der Waals surface area (Å²) in [5.41, 5.74) is 0. The number of hydrogen-bond acceptors (Lipinski definition) is 3. The van der Waals surface area contributed by atoms with Crippen LogP contribution in [0.3, 0.4) is 0 Å². The van der Waals surface area contributed by atoms with Crippen molar-refractivity contribution < 1.29 is 33.5 Å². The van der Waals surface area contributed by atoms with Crippen LogP contribution in [0.25, 0.3) is 0 Å². The van der Waals surface area contributed by atoms with Gasteiger partial charge in [0.1, 0.15) is 0 Å². The summed E-state index contributed by atoms with van der Waals surface area (Å²) in [7, 11) is 0. The second-order valence-electron chi connectivity index (χ2n) is 1.08. The number of rotatable bonds is 2. The van der Waals surface area contributed by atoms with Gasteiger partial charge in [-0.05, 0) is 6.42 Å². The van der Waals surface area contributed by atoms with Gasteiger partial charge in [0.15, 0.2) is 0 Å². The van der Waals surface area contributed by atoms with Crippen LogP contribution in [0, 0.1) is 0 Å². The summed E-state index contributed by atoms with van der Waals surface area (Å²) in [4.78, 5) is 0. The molecule has 0 atom stereocenters. The molecule has 0 spiro atoms. The number of halogens is 1. The average molecular weight is 190 g/mol. The van der Waals surface area contributed by atoms with Crippen molar-refractivity contribution in [3.05, 3.63) is 0 Å². The maximum atomic E-state index is 8.25. The van der Waals surface area contributed by atoms with E-state index in [4.69, 9.17) is 13.1 Å². The van der Waals surface area contributed by atoms with Gasteiger partial charge in [-0.3, -0.25) is 4.66 Å². The molecular weight excluding hydrogens is 179 g/mol. The van der Waals surface area contributed by atoms with Crippen LogP contribution in [-0.4, -0.2) is 16.4 Å². The minimum atomic E-state index is 0.344. The van der Waals surface area contributed by atoms with Crippen LogP contribution in [0.1, 0.15) is 19.8 Å². The Morgan fingerprint density at radius 2 is 1.78 bits per heavy atom. The van der Waals surface area contributed by atoms with Crippen LogP contribution in [0.2, 0.25) is 0 Å². The molecule has 0 saturated heterocycles. The first kappa shape index (κ1) is 16.4. The Morgan fingerprint density at radius 3 is 1.78 bits per heavy atom. The van der Waals surface area contributed by atoms with E-state index in [9.17, 15) is 0 Å². The Bertz CT molecular complexity index is 29.8. The molecule has 0 bridgehead atoms. The van der Waals surface area contributed by atoms with E-state index in [2.05, 4.69) is 18.8 Å². The van der Waals surface area contributed by atoms with Gasteiger partial charge in [0.05, 0.1) is 11.9 Å². The molecule has 56 valence electrons. The van der Waals surface area contributed by atoms with Gasteiger partial charge in [-0.15, -0.1) is 0 Å². The van der Waals surface area contributed by atoms with E-state index in [0.717, 1.165) is 33.2 Å². The monoisotopic (exact) mass is 190 g/mol. The first-order valence-electron chi connectivity index (χ1n) is 2.40. The van der Waals surface area contributed by atoms with Crippen LogP contribution in [0.15, 0.2) is 0 Å². The molecule has 2 N–H and O–H groups in total. The summed E-state index contributed by atoms with van der Waals surface area (Å²) < 4.78 is 14.7. The summed E-state index contributed by atoms with van der Waals surface area (Å²) in [6, 6.07) is 0. The topological polar surface area (TPSA) is 57.5 Å². The summed E-state index contributed by atoms with van der Waals surface area (Å²) in [6.45, 7) is 2.40. The van der Waals surface area contributed by atoms with Crippen LogP contribution in [0.4, 0.5) is 0 Å². The second kappa shape index (κ2) is 37.5. The zero-order chi connectivity index (χ0) is 8.12. The Labute approximate surface area is 71.9 Å². The molecule has 3 nitrogen and oxygen atoms in total. The molecule has 0 aromatic heterocycles. The third-order valence-electron chi connectivity index (χ3n) is 0.512. The molecule has 0 aliphatic carbocycles. The van der Waals surface area contributed by atoms with E-state index in [0.29, 0.717) is 6.61 Å². The number of hydrogen-bond donors (Lipinski definition) is 2. The predicted octanol–water partition coefficient (Wildman–Crippen LogP) is 0.790. The summed E-state index contributed by atoms with van der Waals surface area (Å²) in [6.07, 6.45) is 2.04. The molecule has 0 aromatic carbocycles. The standard InChI is InChI=1S/C4H10O.ClHO.O.Ti/c1-2-3-4-5;1-2;;/h5H,2-4H2,1H3;2H;;. The van der Waals surface area contributed by atoms with Gasteiger partial charge in [-0.1, -0.05) is 13.3 Å². The SMILES string of the molecule is CCCCO.OCl.[O]=[Ti]. The second-order valence-corrected chi connectivity index (χ2v) is 1.08. The predicted molar refractivity (Wildman–Crippen MR) is 30.8 cm³/mol. The zero-order valence-corrected chi connectivity index (χ0v) is 7.62. The fraction of sp³-hybridized carbons (Fsp3) is 1.00. The zero-order valence-electron chi connectivity index (χ0n) is 5.30. The number of aliphatic hydroxyl groups is 1. The number of aliphatic hydroxyl groups excluding tert-OH is 1.